The van der Waals surface area contributed by atoms with Crippen LogP contribution in [-0.4, -0.2) is 60.6 Å². The van der Waals surface area contributed by atoms with E-state index in [0.29, 0.717) is 32.8 Å². The highest BCUT2D eigenvalue weighted by atomic mass is 16.5. The number of morpholine rings is 1. The van der Waals surface area contributed by atoms with Gasteiger partial charge in [-0.25, -0.2) is 4.79 Å². The standard InChI is InChI=1S/C23H33N3O3/c27-22(25-13-15-29-16-14-25)19-11-12-21(18-7-3-1-4-8-18)26(17-19)23(28)24-20-9-5-2-6-10-20/h1,3-4,7-8,19-21H,2,5-6,9-17H2,(H,24,28). The number of ether oxygens (including phenoxy) is 1. The third-order valence-electron chi connectivity index (χ3n) is 6.63. The first-order valence-electron chi connectivity index (χ1n) is 11.2. The van der Waals surface area contributed by atoms with Crippen LogP contribution in [-0.2, 0) is 9.53 Å². The summed E-state index contributed by atoms with van der Waals surface area (Å²) in [5.41, 5.74) is 1.16. The zero-order valence-corrected chi connectivity index (χ0v) is 17.2. The SMILES string of the molecule is O=C(C1CCC(c2ccccc2)N(C(=O)NC2CCCCC2)C1)N1CCOCC1. The molecule has 0 radical (unpaired) electrons. The summed E-state index contributed by atoms with van der Waals surface area (Å²) in [7, 11) is 0. The molecule has 0 aromatic heterocycles. The van der Waals surface area contributed by atoms with Gasteiger partial charge in [-0.15, -0.1) is 0 Å². The number of hydrogen-bond acceptors (Lipinski definition) is 3. The summed E-state index contributed by atoms with van der Waals surface area (Å²) in [6.45, 7) is 3.03. The van der Waals surface area contributed by atoms with E-state index in [2.05, 4.69) is 17.4 Å². The molecule has 1 N–H and O–H groups in total. The maximum Gasteiger partial charge on any atom is 0.318 e. The third-order valence-corrected chi connectivity index (χ3v) is 6.63. The molecule has 3 amide bonds. The second-order valence-electron chi connectivity index (χ2n) is 8.58. The number of nitrogens with one attached hydrogen (secondary N) is 1. The Hall–Kier alpha value is -2.08. The van der Waals surface area contributed by atoms with Crippen molar-refractivity contribution >= 4 is 11.9 Å². The molecule has 158 valence electrons. The molecule has 2 unspecified atom stereocenters. The topological polar surface area (TPSA) is 61.9 Å². The van der Waals surface area contributed by atoms with Crippen molar-refractivity contribution in [2.24, 2.45) is 5.92 Å². The third kappa shape index (κ3) is 4.92. The Bertz CT molecular complexity index is 684. The largest absolute Gasteiger partial charge is 0.378 e. The van der Waals surface area contributed by atoms with Gasteiger partial charge >= 0.3 is 6.03 Å². The van der Waals surface area contributed by atoms with Crippen LogP contribution in [0.1, 0.15) is 56.6 Å². The number of piperidine rings is 1. The number of urea groups is 1. The van der Waals surface area contributed by atoms with Gasteiger partial charge in [-0.1, -0.05) is 49.6 Å². The van der Waals surface area contributed by atoms with E-state index in [-0.39, 0.29) is 29.9 Å². The molecule has 4 rings (SSSR count). The Kier molecular flexibility index (Phi) is 6.70. The Morgan fingerprint density at radius 1 is 0.931 bits per heavy atom. The minimum atomic E-state index is -0.120. The van der Waals surface area contributed by atoms with Crippen LogP contribution < -0.4 is 5.32 Å². The van der Waals surface area contributed by atoms with Crippen molar-refractivity contribution in [1.29, 1.82) is 0 Å². The van der Waals surface area contributed by atoms with Gasteiger partial charge in [-0.05, 0) is 31.2 Å². The summed E-state index contributed by atoms with van der Waals surface area (Å²) in [5, 5.41) is 3.27. The maximum atomic E-state index is 13.3. The molecule has 6 heteroatoms. The maximum absolute atomic E-state index is 13.3. The van der Waals surface area contributed by atoms with E-state index in [1.165, 1.54) is 19.3 Å². The smallest absolute Gasteiger partial charge is 0.318 e. The first-order chi connectivity index (χ1) is 14.2. The van der Waals surface area contributed by atoms with Crippen LogP contribution in [0.15, 0.2) is 30.3 Å². The number of amides is 3. The molecule has 1 saturated carbocycles. The summed E-state index contributed by atoms with van der Waals surface area (Å²) < 4.78 is 5.39. The number of benzene rings is 1. The molecule has 3 aliphatic rings. The minimum Gasteiger partial charge on any atom is -0.378 e. The molecule has 29 heavy (non-hydrogen) atoms. The second kappa shape index (κ2) is 9.61. The lowest BCUT2D eigenvalue weighted by atomic mass is 9.88. The van der Waals surface area contributed by atoms with Crippen LogP contribution in [0.25, 0.3) is 0 Å². The number of carbonyl (C=O) groups excluding carboxylic acids is 2. The normalized spacial score (nSPS) is 26.2. The lowest BCUT2D eigenvalue weighted by Crippen LogP contribution is -2.53. The van der Waals surface area contributed by atoms with E-state index in [0.717, 1.165) is 31.2 Å². The van der Waals surface area contributed by atoms with Gasteiger partial charge in [-0.2, -0.15) is 0 Å². The first kappa shape index (κ1) is 20.2. The quantitative estimate of drug-likeness (QED) is 0.848. The minimum absolute atomic E-state index is 0.00905. The summed E-state index contributed by atoms with van der Waals surface area (Å²) >= 11 is 0. The molecule has 6 nitrogen and oxygen atoms in total. The van der Waals surface area contributed by atoms with Gasteiger partial charge in [0, 0.05) is 25.7 Å². The highest BCUT2D eigenvalue weighted by Crippen LogP contribution is 2.34. The summed E-state index contributed by atoms with van der Waals surface area (Å²) in [6.07, 6.45) is 7.40. The van der Waals surface area contributed by atoms with Gasteiger partial charge in [0.25, 0.3) is 0 Å². The number of hydrogen-bond donors (Lipinski definition) is 1. The Morgan fingerprint density at radius 3 is 2.38 bits per heavy atom. The van der Waals surface area contributed by atoms with Crippen molar-refractivity contribution in [3.63, 3.8) is 0 Å². The summed E-state index contributed by atoms with van der Waals surface area (Å²) in [6, 6.07) is 10.5. The van der Waals surface area contributed by atoms with Gasteiger partial charge in [0.2, 0.25) is 5.91 Å². The number of rotatable bonds is 3. The van der Waals surface area contributed by atoms with Crippen LogP contribution in [0, 0.1) is 5.92 Å². The fourth-order valence-electron chi connectivity index (χ4n) is 4.97. The predicted molar refractivity (Wildman–Crippen MR) is 111 cm³/mol. The van der Waals surface area contributed by atoms with E-state index >= 15 is 0 Å². The van der Waals surface area contributed by atoms with Crippen molar-refractivity contribution in [3.05, 3.63) is 35.9 Å². The van der Waals surface area contributed by atoms with Crippen LogP contribution in [0.5, 0.6) is 0 Å². The van der Waals surface area contributed by atoms with Crippen LogP contribution in [0.4, 0.5) is 4.79 Å². The number of carbonyl (C=O) groups is 2. The van der Waals surface area contributed by atoms with E-state index < -0.39 is 0 Å². The van der Waals surface area contributed by atoms with Crippen molar-refractivity contribution in [2.75, 3.05) is 32.8 Å². The molecule has 2 heterocycles. The summed E-state index contributed by atoms with van der Waals surface area (Å²) in [5.74, 6) is 0.0560. The van der Waals surface area contributed by atoms with E-state index in [4.69, 9.17) is 4.74 Å². The lowest BCUT2D eigenvalue weighted by molar-refractivity contribution is -0.141. The molecule has 1 aromatic rings. The van der Waals surface area contributed by atoms with Gasteiger partial charge in [-0.3, -0.25) is 4.79 Å². The monoisotopic (exact) mass is 399 g/mol. The highest BCUT2D eigenvalue weighted by Gasteiger charge is 2.38. The average Bonchev–Trinajstić information content (AvgIpc) is 2.80. The molecule has 1 aliphatic carbocycles. The van der Waals surface area contributed by atoms with E-state index in [1.807, 2.05) is 28.0 Å². The molecule has 2 atom stereocenters. The average molecular weight is 400 g/mol. The fraction of sp³-hybridized carbons (Fsp3) is 0.652. The molecule has 2 saturated heterocycles. The summed E-state index contributed by atoms with van der Waals surface area (Å²) in [4.78, 5) is 30.2. The number of likely N-dealkylation sites (tertiary alicyclic amines) is 1. The van der Waals surface area contributed by atoms with E-state index in [9.17, 15) is 9.59 Å². The predicted octanol–water partition coefficient (Wildman–Crippen LogP) is 3.34. The van der Waals surface area contributed by atoms with Gasteiger partial charge in [0.05, 0.1) is 25.2 Å². The van der Waals surface area contributed by atoms with Crippen molar-refractivity contribution in [1.82, 2.24) is 15.1 Å². The molecule has 2 aliphatic heterocycles. The van der Waals surface area contributed by atoms with Gasteiger partial charge in [0.15, 0.2) is 0 Å². The molecular formula is C23H33N3O3. The fourth-order valence-corrected chi connectivity index (χ4v) is 4.97. The van der Waals surface area contributed by atoms with Crippen molar-refractivity contribution < 1.29 is 14.3 Å². The zero-order chi connectivity index (χ0) is 20.1. The van der Waals surface area contributed by atoms with Gasteiger partial charge < -0.3 is 19.9 Å². The van der Waals surface area contributed by atoms with Gasteiger partial charge in [0.1, 0.15) is 0 Å². The first-order valence-corrected chi connectivity index (χ1v) is 11.2. The zero-order valence-electron chi connectivity index (χ0n) is 17.2. The Labute approximate surface area is 173 Å². The molecule has 1 aromatic carbocycles. The molecule has 0 bridgehead atoms. The van der Waals surface area contributed by atoms with Crippen LogP contribution in [0.3, 0.4) is 0 Å². The van der Waals surface area contributed by atoms with Crippen LogP contribution in [0.2, 0.25) is 0 Å². The van der Waals surface area contributed by atoms with Crippen molar-refractivity contribution in [2.45, 2.75) is 57.0 Å². The van der Waals surface area contributed by atoms with Crippen molar-refractivity contribution in [3.8, 4) is 0 Å². The molecular weight excluding hydrogens is 366 g/mol. The van der Waals surface area contributed by atoms with E-state index in [1.54, 1.807) is 0 Å². The Morgan fingerprint density at radius 2 is 1.66 bits per heavy atom. The van der Waals surface area contributed by atoms with Crippen LogP contribution >= 0.6 is 0 Å². The highest BCUT2D eigenvalue weighted by molar-refractivity contribution is 5.81. The number of nitrogens with zero attached hydrogens (tertiary/aromatic N) is 2. The molecule has 0 spiro atoms. The lowest BCUT2D eigenvalue weighted by Gasteiger charge is -2.42. The second-order valence-corrected chi connectivity index (χ2v) is 8.58. The Balaban J connectivity index is 1.48. The molecule has 3 fully saturated rings.